The third-order valence-electron chi connectivity index (χ3n) is 4.20. The maximum Gasteiger partial charge on any atom is 0.190 e. The zero-order valence-electron chi connectivity index (χ0n) is 16.1. The predicted molar refractivity (Wildman–Crippen MR) is 110 cm³/mol. The highest BCUT2D eigenvalue weighted by Gasteiger charge is 1.99. The van der Waals surface area contributed by atoms with Gasteiger partial charge in [0.1, 0.15) is 5.82 Å². The third kappa shape index (κ3) is 9.20. The molecule has 2 rings (SSSR count). The zero-order valence-corrected chi connectivity index (χ0v) is 16.1. The second-order valence-corrected chi connectivity index (χ2v) is 6.36. The van der Waals surface area contributed by atoms with E-state index in [-0.39, 0.29) is 5.82 Å². The SMILES string of the molecule is CN=C(NCCCCOCCc1ccccc1)NCCc1cccc(F)c1. The molecule has 2 aromatic rings. The van der Waals surface area contributed by atoms with Crippen LogP contribution in [0, 0.1) is 5.82 Å². The molecule has 2 aromatic carbocycles. The predicted octanol–water partition coefficient (Wildman–Crippen LogP) is 3.57. The Labute approximate surface area is 161 Å². The molecule has 0 amide bonds. The molecule has 0 atom stereocenters. The Hall–Kier alpha value is -2.40. The maximum absolute atomic E-state index is 13.2. The molecule has 0 spiro atoms. The van der Waals surface area contributed by atoms with Crippen molar-refractivity contribution in [1.82, 2.24) is 10.6 Å². The smallest absolute Gasteiger partial charge is 0.190 e. The van der Waals surface area contributed by atoms with Crippen LogP contribution in [0.2, 0.25) is 0 Å². The summed E-state index contributed by atoms with van der Waals surface area (Å²) in [6.45, 7) is 3.11. The number of guanidine groups is 1. The van der Waals surface area contributed by atoms with Crippen molar-refractivity contribution >= 4 is 5.96 Å². The molecule has 0 fully saturated rings. The number of aliphatic imine (C=N–C) groups is 1. The van der Waals surface area contributed by atoms with Gasteiger partial charge in [-0.3, -0.25) is 4.99 Å². The fourth-order valence-electron chi connectivity index (χ4n) is 2.71. The number of ether oxygens (including phenoxy) is 1. The van der Waals surface area contributed by atoms with Crippen molar-refractivity contribution in [2.45, 2.75) is 25.7 Å². The fourth-order valence-corrected chi connectivity index (χ4v) is 2.71. The number of hydrogen-bond acceptors (Lipinski definition) is 2. The van der Waals surface area contributed by atoms with E-state index in [0.717, 1.165) is 57.0 Å². The Morgan fingerprint density at radius 1 is 0.889 bits per heavy atom. The third-order valence-corrected chi connectivity index (χ3v) is 4.20. The molecule has 0 aliphatic carbocycles. The zero-order chi connectivity index (χ0) is 19.2. The lowest BCUT2D eigenvalue weighted by molar-refractivity contribution is 0.133. The highest BCUT2D eigenvalue weighted by atomic mass is 19.1. The van der Waals surface area contributed by atoms with Gasteiger partial charge in [-0.15, -0.1) is 0 Å². The van der Waals surface area contributed by atoms with Crippen molar-refractivity contribution in [3.05, 3.63) is 71.5 Å². The first kappa shape index (κ1) is 20.9. The van der Waals surface area contributed by atoms with Crippen LogP contribution in [0.5, 0.6) is 0 Å². The minimum Gasteiger partial charge on any atom is -0.381 e. The molecule has 0 unspecified atom stereocenters. The van der Waals surface area contributed by atoms with Crippen molar-refractivity contribution in [2.75, 3.05) is 33.4 Å². The van der Waals surface area contributed by atoms with Crippen LogP contribution in [0.4, 0.5) is 4.39 Å². The van der Waals surface area contributed by atoms with Gasteiger partial charge in [-0.05, 0) is 48.9 Å². The van der Waals surface area contributed by atoms with E-state index in [0.29, 0.717) is 6.54 Å². The molecule has 0 aromatic heterocycles. The van der Waals surface area contributed by atoms with Crippen LogP contribution in [0.1, 0.15) is 24.0 Å². The first-order valence-corrected chi connectivity index (χ1v) is 9.58. The van der Waals surface area contributed by atoms with Crippen LogP contribution in [0.15, 0.2) is 59.6 Å². The van der Waals surface area contributed by atoms with E-state index in [1.165, 1.54) is 11.6 Å². The Morgan fingerprint density at radius 3 is 2.44 bits per heavy atom. The number of nitrogens with zero attached hydrogens (tertiary/aromatic N) is 1. The molecule has 2 N–H and O–H groups in total. The van der Waals surface area contributed by atoms with Crippen molar-refractivity contribution in [3.8, 4) is 0 Å². The van der Waals surface area contributed by atoms with Crippen LogP contribution in [0.25, 0.3) is 0 Å². The summed E-state index contributed by atoms with van der Waals surface area (Å²) in [5.41, 5.74) is 2.29. The highest BCUT2D eigenvalue weighted by molar-refractivity contribution is 5.79. The average Bonchev–Trinajstić information content (AvgIpc) is 2.69. The minimum atomic E-state index is -0.194. The highest BCUT2D eigenvalue weighted by Crippen LogP contribution is 2.03. The van der Waals surface area contributed by atoms with E-state index >= 15 is 0 Å². The molecule has 0 radical (unpaired) electrons. The summed E-state index contributed by atoms with van der Waals surface area (Å²) in [7, 11) is 1.75. The minimum absolute atomic E-state index is 0.194. The molecule has 146 valence electrons. The van der Waals surface area contributed by atoms with Gasteiger partial charge in [0.25, 0.3) is 0 Å². The molecule has 5 heteroatoms. The van der Waals surface area contributed by atoms with Crippen molar-refractivity contribution in [2.24, 2.45) is 4.99 Å². The summed E-state index contributed by atoms with van der Waals surface area (Å²) >= 11 is 0. The van der Waals surface area contributed by atoms with Crippen molar-refractivity contribution in [1.29, 1.82) is 0 Å². The second kappa shape index (κ2) is 12.9. The molecule has 0 saturated heterocycles. The Kier molecular flexibility index (Phi) is 9.97. The van der Waals surface area contributed by atoms with Crippen molar-refractivity contribution in [3.63, 3.8) is 0 Å². The summed E-state index contributed by atoms with van der Waals surface area (Å²) < 4.78 is 18.8. The topological polar surface area (TPSA) is 45.7 Å². The van der Waals surface area contributed by atoms with E-state index in [9.17, 15) is 4.39 Å². The molecule has 0 aliphatic rings. The lowest BCUT2D eigenvalue weighted by atomic mass is 10.1. The van der Waals surface area contributed by atoms with Gasteiger partial charge in [0.2, 0.25) is 0 Å². The summed E-state index contributed by atoms with van der Waals surface area (Å²) in [6, 6.07) is 17.1. The summed E-state index contributed by atoms with van der Waals surface area (Å²) in [4.78, 5) is 4.21. The lowest BCUT2D eigenvalue weighted by Crippen LogP contribution is -2.38. The molecule has 0 aliphatic heterocycles. The van der Waals surface area contributed by atoms with Crippen LogP contribution in [0.3, 0.4) is 0 Å². The van der Waals surface area contributed by atoms with Crippen LogP contribution >= 0.6 is 0 Å². The van der Waals surface area contributed by atoms with Crippen molar-refractivity contribution < 1.29 is 9.13 Å². The van der Waals surface area contributed by atoms with Gasteiger partial charge in [-0.1, -0.05) is 42.5 Å². The number of rotatable bonds is 11. The Morgan fingerprint density at radius 2 is 1.67 bits per heavy atom. The van der Waals surface area contributed by atoms with Gasteiger partial charge < -0.3 is 15.4 Å². The van der Waals surface area contributed by atoms with Crippen LogP contribution in [-0.4, -0.2) is 39.3 Å². The molecule has 0 bridgehead atoms. The quantitative estimate of drug-likeness (QED) is 0.361. The second-order valence-electron chi connectivity index (χ2n) is 6.36. The van der Waals surface area contributed by atoms with E-state index in [1.807, 2.05) is 12.1 Å². The van der Waals surface area contributed by atoms with Gasteiger partial charge >= 0.3 is 0 Å². The summed E-state index contributed by atoms with van der Waals surface area (Å²) in [6.07, 6.45) is 3.76. The Bertz CT molecular complexity index is 676. The van der Waals surface area contributed by atoms with E-state index < -0.39 is 0 Å². The molecule has 27 heavy (non-hydrogen) atoms. The van der Waals surface area contributed by atoms with Crippen LogP contribution < -0.4 is 10.6 Å². The van der Waals surface area contributed by atoms with E-state index in [4.69, 9.17) is 4.74 Å². The van der Waals surface area contributed by atoms with Gasteiger partial charge in [0, 0.05) is 26.7 Å². The Balaban J connectivity index is 1.47. The standard InChI is InChI=1S/C22H30FN3O/c1-24-22(26-15-12-20-10-7-11-21(23)18-20)25-14-5-6-16-27-17-13-19-8-3-2-4-9-19/h2-4,7-11,18H,5-6,12-17H2,1H3,(H2,24,25,26). The normalized spacial score (nSPS) is 11.4. The molecular weight excluding hydrogens is 341 g/mol. The summed E-state index contributed by atoms with van der Waals surface area (Å²) in [5, 5.41) is 6.55. The van der Waals surface area contributed by atoms with Crippen LogP contribution in [-0.2, 0) is 17.6 Å². The molecular formula is C22H30FN3O. The fraction of sp³-hybridized carbons (Fsp3) is 0.409. The van der Waals surface area contributed by atoms with Gasteiger partial charge in [-0.2, -0.15) is 0 Å². The monoisotopic (exact) mass is 371 g/mol. The molecule has 0 saturated carbocycles. The maximum atomic E-state index is 13.2. The average molecular weight is 372 g/mol. The number of halogens is 1. The summed E-state index contributed by atoms with van der Waals surface area (Å²) in [5.74, 6) is 0.581. The molecule has 4 nitrogen and oxygen atoms in total. The van der Waals surface area contributed by atoms with E-state index in [1.54, 1.807) is 19.2 Å². The van der Waals surface area contributed by atoms with E-state index in [2.05, 4.69) is 39.9 Å². The van der Waals surface area contributed by atoms with Gasteiger partial charge in [-0.25, -0.2) is 4.39 Å². The molecule has 0 heterocycles. The number of nitrogens with one attached hydrogen (secondary N) is 2. The number of unbranched alkanes of at least 4 members (excludes halogenated alkanes) is 1. The van der Waals surface area contributed by atoms with Gasteiger partial charge in [0.05, 0.1) is 6.61 Å². The largest absolute Gasteiger partial charge is 0.381 e. The van der Waals surface area contributed by atoms with Gasteiger partial charge in [0.15, 0.2) is 5.96 Å². The first-order valence-electron chi connectivity index (χ1n) is 9.58. The number of benzene rings is 2. The number of hydrogen-bond donors (Lipinski definition) is 2. The lowest BCUT2D eigenvalue weighted by Gasteiger charge is -2.12. The first-order chi connectivity index (χ1) is 13.3.